The molecule has 4 nitrogen and oxygen atoms in total. The number of nitrogens with two attached hydrogens (primary N) is 1. The molecular formula is C18H26N2O2. The minimum atomic E-state index is -1.18. The van der Waals surface area contributed by atoms with Gasteiger partial charge in [0.1, 0.15) is 5.41 Å². The molecule has 0 bridgehead atoms. The van der Waals surface area contributed by atoms with Crippen molar-refractivity contribution in [3.63, 3.8) is 0 Å². The van der Waals surface area contributed by atoms with Crippen molar-refractivity contribution in [3.05, 3.63) is 42.5 Å². The quantitative estimate of drug-likeness (QED) is 0.415. The molecule has 1 unspecified atom stereocenters. The fraction of sp³-hybridized carbons (Fsp3) is 0.444. The fourth-order valence-electron chi connectivity index (χ4n) is 2.41. The maximum Gasteiger partial charge on any atom is 0.240 e. The third-order valence-corrected chi connectivity index (χ3v) is 3.85. The van der Waals surface area contributed by atoms with Crippen LogP contribution in [0, 0.1) is 5.41 Å². The summed E-state index contributed by atoms with van der Waals surface area (Å²) in [7, 11) is 0. The molecule has 0 heterocycles. The lowest BCUT2D eigenvalue weighted by Crippen LogP contribution is -2.46. The van der Waals surface area contributed by atoms with Gasteiger partial charge in [-0.2, -0.15) is 0 Å². The largest absolute Gasteiger partial charge is 0.369 e. The molecule has 3 N–H and O–H groups in total. The molecule has 2 amide bonds. The molecule has 4 heteroatoms. The maximum absolute atomic E-state index is 12.7. The van der Waals surface area contributed by atoms with Gasteiger partial charge in [-0.15, -0.1) is 0 Å². The van der Waals surface area contributed by atoms with Crippen LogP contribution in [0.5, 0.6) is 0 Å². The number of anilines is 1. The zero-order chi connectivity index (χ0) is 16.4. The number of para-hydroxylation sites is 1. The highest BCUT2D eigenvalue weighted by Gasteiger charge is 2.42. The van der Waals surface area contributed by atoms with Crippen LogP contribution < -0.4 is 11.1 Å². The maximum atomic E-state index is 12.7. The summed E-state index contributed by atoms with van der Waals surface area (Å²) in [5, 5.41) is 2.83. The van der Waals surface area contributed by atoms with E-state index in [0.29, 0.717) is 18.5 Å². The monoisotopic (exact) mass is 302 g/mol. The predicted molar refractivity (Wildman–Crippen MR) is 90.3 cm³/mol. The van der Waals surface area contributed by atoms with Crippen LogP contribution in [0.3, 0.4) is 0 Å². The molecule has 22 heavy (non-hydrogen) atoms. The predicted octanol–water partition coefficient (Wildman–Crippen LogP) is 3.64. The zero-order valence-corrected chi connectivity index (χ0v) is 13.5. The van der Waals surface area contributed by atoms with Crippen LogP contribution in [0.4, 0.5) is 5.69 Å². The molecule has 0 radical (unpaired) electrons. The van der Waals surface area contributed by atoms with Gasteiger partial charge in [0.05, 0.1) is 0 Å². The Balaban J connectivity index is 2.99. The van der Waals surface area contributed by atoms with Crippen molar-refractivity contribution in [1.82, 2.24) is 0 Å². The van der Waals surface area contributed by atoms with E-state index in [-0.39, 0.29) is 5.91 Å². The van der Waals surface area contributed by atoms with Crippen molar-refractivity contribution in [2.75, 3.05) is 5.32 Å². The third kappa shape index (κ3) is 4.72. The van der Waals surface area contributed by atoms with Crippen molar-refractivity contribution in [2.24, 2.45) is 11.1 Å². The Morgan fingerprint density at radius 2 is 1.91 bits per heavy atom. The third-order valence-electron chi connectivity index (χ3n) is 3.85. The normalized spacial score (nSPS) is 13.7. The molecule has 0 saturated heterocycles. The van der Waals surface area contributed by atoms with Crippen LogP contribution in [-0.4, -0.2) is 11.8 Å². The van der Waals surface area contributed by atoms with E-state index >= 15 is 0 Å². The molecule has 1 atom stereocenters. The van der Waals surface area contributed by atoms with E-state index in [1.165, 1.54) is 0 Å². The van der Waals surface area contributed by atoms with Crippen molar-refractivity contribution < 1.29 is 9.59 Å². The van der Waals surface area contributed by atoms with Gasteiger partial charge in [-0.05, 0) is 31.9 Å². The van der Waals surface area contributed by atoms with E-state index in [1.807, 2.05) is 37.3 Å². The highest BCUT2D eigenvalue weighted by atomic mass is 16.2. The van der Waals surface area contributed by atoms with Crippen LogP contribution in [-0.2, 0) is 9.59 Å². The van der Waals surface area contributed by atoms with Gasteiger partial charge in [0.2, 0.25) is 11.8 Å². The summed E-state index contributed by atoms with van der Waals surface area (Å²) in [6.45, 7) is 3.95. The van der Waals surface area contributed by atoms with Gasteiger partial charge in [0, 0.05) is 5.69 Å². The van der Waals surface area contributed by atoms with Gasteiger partial charge >= 0.3 is 0 Å². The molecule has 0 aliphatic carbocycles. The van der Waals surface area contributed by atoms with Gasteiger partial charge in [0.25, 0.3) is 0 Å². The molecule has 120 valence electrons. The highest BCUT2D eigenvalue weighted by molar-refractivity contribution is 6.10. The van der Waals surface area contributed by atoms with Crippen LogP contribution in [0.1, 0.15) is 46.0 Å². The van der Waals surface area contributed by atoms with Gasteiger partial charge < -0.3 is 11.1 Å². The van der Waals surface area contributed by atoms with E-state index in [0.717, 1.165) is 19.3 Å². The minimum absolute atomic E-state index is 0.319. The first kappa shape index (κ1) is 18.0. The van der Waals surface area contributed by atoms with E-state index < -0.39 is 11.3 Å². The van der Waals surface area contributed by atoms with Gasteiger partial charge in [-0.25, -0.2) is 0 Å². The van der Waals surface area contributed by atoms with Gasteiger partial charge in [0.15, 0.2) is 0 Å². The summed E-state index contributed by atoms with van der Waals surface area (Å²) in [5.74, 6) is -0.879. The molecule has 1 aromatic rings. The average molecular weight is 302 g/mol. The highest BCUT2D eigenvalue weighted by Crippen LogP contribution is 2.31. The van der Waals surface area contributed by atoms with E-state index in [2.05, 4.69) is 12.2 Å². The first-order valence-corrected chi connectivity index (χ1v) is 7.84. The van der Waals surface area contributed by atoms with Crippen LogP contribution in [0.2, 0.25) is 0 Å². The zero-order valence-electron chi connectivity index (χ0n) is 13.5. The topological polar surface area (TPSA) is 72.2 Å². The van der Waals surface area contributed by atoms with Gasteiger partial charge in [-0.1, -0.05) is 56.5 Å². The van der Waals surface area contributed by atoms with Crippen LogP contribution in [0.25, 0.3) is 0 Å². The van der Waals surface area contributed by atoms with Gasteiger partial charge in [-0.3, -0.25) is 9.59 Å². The summed E-state index contributed by atoms with van der Waals surface area (Å²) in [6, 6.07) is 9.14. The second-order valence-corrected chi connectivity index (χ2v) is 5.50. The molecule has 0 aliphatic rings. The minimum Gasteiger partial charge on any atom is -0.369 e. The fourth-order valence-corrected chi connectivity index (χ4v) is 2.41. The van der Waals surface area contributed by atoms with Crippen molar-refractivity contribution >= 4 is 17.5 Å². The number of rotatable bonds is 9. The van der Waals surface area contributed by atoms with Crippen molar-refractivity contribution in [1.29, 1.82) is 0 Å². The number of amides is 2. The number of allylic oxidation sites excluding steroid dienone is 2. The number of primary amides is 1. The summed E-state index contributed by atoms with van der Waals surface area (Å²) < 4.78 is 0. The summed E-state index contributed by atoms with van der Waals surface area (Å²) in [6.07, 6.45) is 7.29. The van der Waals surface area contributed by atoms with Crippen molar-refractivity contribution in [2.45, 2.75) is 46.0 Å². The van der Waals surface area contributed by atoms with Crippen LogP contribution in [0.15, 0.2) is 42.5 Å². The number of hydrogen-bond donors (Lipinski definition) is 2. The Morgan fingerprint density at radius 3 is 2.45 bits per heavy atom. The number of nitrogens with one attached hydrogen (secondary N) is 1. The number of hydrogen-bond acceptors (Lipinski definition) is 2. The molecule has 1 aromatic carbocycles. The summed E-state index contributed by atoms with van der Waals surface area (Å²) in [5.41, 5.74) is 5.11. The Labute approximate surface area is 132 Å². The lowest BCUT2D eigenvalue weighted by atomic mass is 9.77. The molecule has 0 aliphatic heterocycles. The first-order chi connectivity index (χ1) is 10.6. The van der Waals surface area contributed by atoms with Crippen LogP contribution >= 0.6 is 0 Å². The smallest absolute Gasteiger partial charge is 0.240 e. The van der Waals surface area contributed by atoms with E-state index in [9.17, 15) is 9.59 Å². The Hall–Kier alpha value is -2.10. The lowest BCUT2D eigenvalue weighted by Gasteiger charge is -2.28. The number of carbonyl (C=O) groups is 2. The molecule has 1 rings (SSSR count). The Kier molecular flexibility index (Phi) is 7.37. The average Bonchev–Trinajstić information content (AvgIpc) is 2.51. The molecular weight excluding hydrogens is 276 g/mol. The molecule has 0 saturated carbocycles. The second-order valence-electron chi connectivity index (χ2n) is 5.50. The second kappa shape index (κ2) is 9.03. The first-order valence-electron chi connectivity index (χ1n) is 7.84. The van der Waals surface area contributed by atoms with Crippen molar-refractivity contribution in [3.8, 4) is 0 Å². The number of carbonyl (C=O) groups excluding carboxylic acids is 2. The molecule has 0 aromatic heterocycles. The molecule has 0 fully saturated rings. The SMILES string of the molecule is C/C=C/CC(CCCCC)(C(N)=O)C(=O)Nc1ccccc1. The summed E-state index contributed by atoms with van der Waals surface area (Å²) >= 11 is 0. The van der Waals surface area contributed by atoms with E-state index in [1.54, 1.807) is 12.1 Å². The number of unbranched alkanes of at least 4 members (excludes halogenated alkanes) is 2. The van der Waals surface area contributed by atoms with E-state index in [4.69, 9.17) is 5.73 Å². The summed E-state index contributed by atoms with van der Waals surface area (Å²) in [4.78, 5) is 24.8. The number of benzene rings is 1. The Bertz CT molecular complexity index is 511. The standard InChI is InChI=1S/C18H26N2O2/c1-3-5-10-14-18(16(19)21,13-6-4-2)17(22)20-15-11-8-7-9-12-15/h4,6-9,11-12H,3,5,10,13-14H2,1-2H3,(H2,19,21)(H,20,22)/b6-4+. The molecule has 0 spiro atoms. The lowest BCUT2D eigenvalue weighted by molar-refractivity contribution is -0.139. The Morgan fingerprint density at radius 1 is 1.23 bits per heavy atom.